The molecule has 0 aliphatic carbocycles. The average molecular weight is 226 g/mol. The van der Waals surface area contributed by atoms with Gasteiger partial charge in [-0.1, -0.05) is 20.8 Å². The summed E-state index contributed by atoms with van der Waals surface area (Å²) in [5.41, 5.74) is 6.27. The van der Waals surface area contributed by atoms with Gasteiger partial charge in [-0.25, -0.2) is 0 Å². The number of nitrogens with two attached hydrogens (primary N) is 1. The Bertz CT molecular complexity index is 215. The smallest absolute Gasteiger partial charge is 0.0311 e. The molecule has 1 aliphatic rings. The number of rotatable bonds is 5. The quantitative estimate of drug-likeness (QED) is 0.781. The van der Waals surface area contributed by atoms with Crippen LogP contribution in [0.1, 0.15) is 60.3 Å². The summed E-state index contributed by atoms with van der Waals surface area (Å²) in [7, 11) is 0. The van der Waals surface area contributed by atoms with Crippen molar-refractivity contribution in [2.24, 2.45) is 11.7 Å². The van der Waals surface area contributed by atoms with Crippen LogP contribution in [-0.4, -0.2) is 29.1 Å². The summed E-state index contributed by atoms with van der Waals surface area (Å²) in [6, 6.07) is 1.46. The van der Waals surface area contributed by atoms with Gasteiger partial charge in [-0.05, 0) is 45.4 Å². The maximum atomic E-state index is 6.07. The molecule has 96 valence electrons. The minimum Gasteiger partial charge on any atom is -0.329 e. The molecule has 2 nitrogen and oxygen atoms in total. The lowest BCUT2D eigenvalue weighted by atomic mass is 9.87. The summed E-state index contributed by atoms with van der Waals surface area (Å²) in [6.45, 7) is 12.4. The standard InChI is InChI=1S/C14H30N2/c1-6-13-8-7-12(4)16(13)14(5,10-15)9-11(2)3/h11-13H,6-10,15H2,1-5H3. The van der Waals surface area contributed by atoms with E-state index in [1.807, 2.05) is 0 Å². The zero-order chi connectivity index (χ0) is 12.3. The van der Waals surface area contributed by atoms with Gasteiger partial charge in [0.2, 0.25) is 0 Å². The van der Waals surface area contributed by atoms with Crippen LogP contribution in [0.2, 0.25) is 0 Å². The second-order valence-electron chi connectivity index (χ2n) is 6.19. The van der Waals surface area contributed by atoms with Crippen molar-refractivity contribution < 1.29 is 0 Å². The fourth-order valence-corrected chi connectivity index (χ4v) is 3.62. The van der Waals surface area contributed by atoms with Gasteiger partial charge in [-0.3, -0.25) is 4.90 Å². The highest BCUT2D eigenvalue weighted by atomic mass is 15.3. The largest absolute Gasteiger partial charge is 0.329 e. The molecular weight excluding hydrogens is 196 g/mol. The molecule has 0 spiro atoms. The topological polar surface area (TPSA) is 29.3 Å². The zero-order valence-electron chi connectivity index (χ0n) is 11.8. The molecule has 3 atom stereocenters. The number of likely N-dealkylation sites (tertiary alicyclic amines) is 1. The van der Waals surface area contributed by atoms with Gasteiger partial charge in [0.15, 0.2) is 0 Å². The molecule has 0 bridgehead atoms. The molecule has 0 amide bonds. The lowest BCUT2D eigenvalue weighted by Gasteiger charge is -2.45. The third kappa shape index (κ3) is 2.78. The highest BCUT2D eigenvalue weighted by Crippen LogP contribution is 2.36. The third-order valence-electron chi connectivity index (χ3n) is 4.17. The van der Waals surface area contributed by atoms with E-state index in [4.69, 9.17) is 5.73 Å². The normalized spacial score (nSPS) is 30.9. The molecule has 1 rings (SSSR count). The van der Waals surface area contributed by atoms with E-state index in [2.05, 4.69) is 39.5 Å². The molecule has 0 aromatic heterocycles. The number of hydrogen-bond donors (Lipinski definition) is 1. The fourth-order valence-electron chi connectivity index (χ4n) is 3.62. The molecule has 2 N–H and O–H groups in total. The van der Waals surface area contributed by atoms with E-state index in [1.54, 1.807) is 0 Å². The van der Waals surface area contributed by atoms with E-state index in [-0.39, 0.29) is 5.54 Å². The van der Waals surface area contributed by atoms with Gasteiger partial charge in [0, 0.05) is 24.2 Å². The monoisotopic (exact) mass is 226 g/mol. The van der Waals surface area contributed by atoms with Gasteiger partial charge in [-0.2, -0.15) is 0 Å². The van der Waals surface area contributed by atoms with E-state index in [9.17, 15) is 0 Å². The zero-order valence-corrected chi connectivity index (χ0v) is 11.8. The van der Waals surface area contributed by atoms with E-state index in [0.717, 1.165) is 18.5 Å². The molecule has 0 radical (unpaired) electrons. The second kappa shape index (κ2) is 5.50. The van der Waals surface area contributed by atoms with E-state index >= 15 is 0 Å². The maximum absolute atomic E-state index is 6.07. The highest BCUT2D eigenvalue weighted by molar-refractivity contribution is 4.98. The number of hydrogen-bond acceptors (Lipinski definition) is 2. The molecule has 16 heavy (non-hydrogen) atoms. The lowest BCUT2D eigenvalue weighted by Crippen LogP contribution is -2.56. The Morgan fingerprint density at radius 3 is 2.44 bits per heavy atom. The van der Waals surface area contributed by atoms with Gasteiger partial charge in [0.05, 0.1) is 0 Å². The molecule has 0 aromatic rings. The van der Waals surface area contributed by atoms with Crippen molar-refractivity contribution in [3.63, 3.8) is 0 Å². The van der Waals surface area contributed by atoms with Crippen molar-refractivity contribution >= 4 is 0 Å². The first-order valence-corrected chi connectivity index (χ1v) is 6.93. The number of nitrogens with zero attached hydrogens (tertiary/aromatic N) is 1. The van der Waals surface area contributed by atoms with Crippen LogP contribution in [0.25, 0.3) is 0 Å². The molecule has 1 fully saturated rings. The first-order chi connectivity index (χ1) is 7.44. The molecule has 1 heterocycles. The van der Waals surface area contributed by atoms with Gasteiger partial charge in [-0.15, -0.1) is 0 Å². The molecular formula is C14H30N2. The Hall–Kier alpha value is -0.0800. The molecule has 3 unspecified atom stereocenters. The summed E-state index contributed by atoms with van der Waals surface area (Å²) in [6.07, 6.45) is 5.17. The van der Waals surface area contributed by atoms with Crippen LogP contribution in [0.4, 0.5) is 0 Å². The summed E-state index contributed by atoms with van der Waals surface area (Å²) >= 11 is 0. The first-order valence-electron chi connectivity index (χ1n) is 6.93. The third-order valence-corrected chi connectivity index (χ3v) is 4.17. The van der Waals surface area contributed by atoms with Crippen LogP contribution < -0.4 is 5.73 Å². The van der Waals surface area contributed by atoms with E-state index in [0.29, 0.717) is 6.04 Å². The van der Waals surface area contributed by atoms with Crippen LogP contribution in [0.15, 0.2) is 0 Å². The fraction of sp³-hybridized carbons (Fsp3) is 1.00. The summed E-state index contributed by atoms with van der Waals surface area (Å²) in [5.74, 6) is 0.721. The van der Waals surface area contributed by atoms with Crippen LogP contribution in [0.3, 0.4) is 0 Å². The Balaban J connectivity index is 2.83. The van der Waals surface area contributed by atoms with Crippen molar-refractivity contribution in [3.05, 3.63) is 0 Å². The minimum absolute atomic E-state index is 0.199. The predicted octanol–water partition coefficient (Wildman–Crippen LogP) is 3.01. The Morgan fingerprint density at radius 1 is 1.38 bits per heavy atom. The van der Waals surface area contributed by atoms with Crippen molar-refractivity contribution in [1.29, 1.82) is 0 Å². The second-order valence-corrected chi connectivity index (χ2v) is 6.19. The Morgan fingerprint density at radius 2 is 2.00 bits per heavy atom. The average Bonchev–Trinajstić information content (AvgIpc) is 2.59. The van der Waals surface area contributed by atoms with Crippen molar-refractivity contribution in [1.82, 2.24) is 4.90 Å². The Kier molecular flexibility index (Phi) is 4.81. The van der Waals surface area contributed by atoms with Crippen molar-refractivity contribution in [2.75, 3.05) is 6.54 Å². The van der Waals surface area contributed by atoms with Crippen molar-refractivity contribution in [2.45, 2.75) is 77.9 Å². The summed E-state index contributed by atoms with van der Waals surface area (Å²) in [4.78, 5) is 2.72. The maximum Gasteiger partial charge on any atom is 0.0311 e. The minimum atomic E-state index is 0.199. The molecule has 0 saturated carbocycles. The van der Waals surface area contributed by atoms with Gasteiger partial charge in [0.25, 0.3) is 0 Å². The highest BCUT2D eigenvalue weighted by Gasteiger charge is 2.41. The van der Waals surface area contributed by atoms with Crippen LogP contribution in [0.5, 0.6) is 0 Å². The SMILES string of the molecule is CCC1CCC(C)N1C(C)(CN)CC(C)C. The Labute approximate surface area is 102 Å². The van der Waals surface area contributed by atoms with E-state index in [1.165, 1.54) is 25.7 Å². The van der Waals surface area contributed by atoms with Crippen molar-refractivity contribution in [3.8, 4) is 0 Å². The van der Waals surface area contributed by atoms with E-state index < -0.39 is 0 Å². The van der Waals surface area contributed by atoms with Gasteiger partial charge in [0.1, 0.15) is 0 Å². The lowest BCUT2D eigenvalue weighted by molar-refractivity contribution is 0.0433. The van der Waals surface area contributed by atoms with Gasteiger partial charge >= 0.3 is 0 Å². The van der Waals surface area contributed by atoms with Crippen LogP contribution in [0, 0.1) is 5.92 Å². The molecule has 1 aliphatic heterocycles. The molecule has 0 aromatic carbocycles. The summed E-state index contributed by atoms with van der Waals surface area (Å²) < 4.78 is 0. The molecule has 1 saturated heterocycles. The van der Waals surface area contributed by atoms with Crippen LogP contribution in [-0.2, 0) is 0 Å². The predicted molar refractivity (Wildman–Crippen MR) is 71.5 cm³/mol. The molecule has 2 heteroatoms. The first kappa shape index (κ1) is 14.0. The van der Waals surface area contributed by atoms with Gasteiger partial charge < -0.3 is 5.73 Å². The van der Waals surface area contributed by atoms with Crippen LogP contribution >= 0.6 is 0 Å². The summed E-state index contributed by atoms with van der Waals surface area (Å²) in [5, 5.41) is 0.